The van der Waals surface area contributed by atoms with E-state index in [1.807, 2.05) is 12.1 Å². The zero-order valence-corrected chi connectivity index (χ0v) is 37.7. The molecule has 13 aromatic rings. The number of rotatable bonds is 9. The highest BCUT2D eigenvalue weighted by Crippen LogP contribution is 2.41. The molecule has 0 amide bonds. The molecule has 0 atom stereocenters. The van der Waals surface area contributed by atoms with Gasteiger partial charge < -0.3 is 13.9 Å². The van der Waals surface area contributed by atoms with E-state index in [4.69, 9.17) is 4.42 Å². The van der Waals surface area contributed by atoms with Gasteiger partial charge in [0.1, 0.15) is 11.2 Å². The van der Waals surface area contributed by atoms with E-state index in [-0.39, 0.29) is 0 Å². The fraction of sp³-hybridized carbons (Fsp3) is 0. The van der Waals surface area contributed by atoms with E-state index in [2.05, 4.69) is 264 Å². The Morgan fingerprint density at radius 1 is 0.246 bits per heavy atom. The topological polar surface area (TPSA) is 21.3 Å². The fourth-order valence-corrected chi connectivity index (χ4v) is 10.2. The maximum absolute atomic E-state index is 6.28. The molecule has 0 unspecified atom stereocenters. The Morgan fingerprint density at radius 2 is 0.638 bits per heavy atom. The van der Waals surface area contributed by atoms with E-state index in [0.717, 1.165) is 66.9 Å². The van der Waals surface area contributed by atoms with Crippen LogP contribution in [0.2, 0.25) is 0 Å². The first-order chi connectivity index (χ1) is 34.2. The largest absolute Gasteiger partial charge is 0.456 e. The number of para-hydroxylation sites is 3. The molecule has 2 heterocycles. The SMILES string of the molecule is c1ccc(-c2cc(-c3ccccc3)cc(-c3ccc(N(c4ccc(-c5ccc6c(c5)oc5ccccc56)cc4)c4ccc(-c5ccc6c7ccccc7n(-c7ccccc7)c6c5)cc4)cc3)c2)cc1. The third kappa shape index (κ3) is 7.34. The molecule has 13 rings (SSSR count). The van der Waals surface area contributed by atoms with Gasteiger partial charge in [-0.15, -0.1) is 0 Å². The molecule has 2 aromatic heterocycles. The number of hydrogen-bond acceptors (Lipinski definition) is 2. The number of furan rings is 1. The quantitative estimate of drug-likeness (QED) is 0.144. The molecule has 69 heavy (non-hydrogen) atoms. The number of fused-ring (bicyclic) bond motifs is 6. The van der Waals surface area contributed by atoms with Crippen molar-refractivity contribution in [3.8, 4) is 61.3 Å². The minimum atomic E-state index is 0.894. The standard InChI is InChI=1S/C66H44N2O/c1-4-14-45(15-5-1)52-40-53(46-16-6-2-7-17-46)42-54(41-52)49-28-36-58(37-29-49)67(57-34-26-48(27-35-57)51-31-39-62-61-21-11-13-23-65(61)69-66(62)44-51)56-32-24-47(25-33-56)50-30-38-60-59-20-10-12-22-63(59)68(64(60)43-50)55-18-8-3-9-19-55/h1-44H. The van der Waals surface area contributed by atoms with Crippen LogP contribution in [-0.4, -0.2) is 4.57 Å². The van der Waals surface area contributed by atoms with Crippen LogP contribution in [-0.2, 0) is 0 Å². The van der Waals surface area contributed by atoms with Gasteiger partial charge in [0.05, 0.1) is 11.0 Å². The van der Waals surface area contributed by atoms with Crippen LogP contribution in [0.3, 0.4) is 0 Å². The molecule has 0 spiro atoms. The van der Waals surface area contributed by atoms with Gasteiger partial charge in [-0.05, 0) is 153 Å². The summed E-state index contributed by atoms with van der Waals surface area (Å²) >= 11 is 0. The monoisotopic (exact) mass is 880 g/mol. The summed E-state index contributed by atoms with van der Waals surface area (Å²) in [7, 11) is 0. The zero-order valence-electron chi connectivity index (χ0n) is 37.7. The Hall–Kier alpha value is -9.18. The van der Waals surface area contributed by atoms with Crippen LogP contribution in [0, 0.1) is 0 Å². The summed E-state index contributed by atoms with van der Waals surface area (Å²) in [6, 6.07) is 96.2. The van der Waals surface area contributed by atoms with Crippen molar-refractivity contribution >= 4 is 60.8 Å². The molecule has 11 aromatic carbocycles. The molecule has 3 nitrogen and oxygen atoms in total. The maximum atomic E-state index is 6.28. The van der Waals surface area contributed by atoms with Crippen molar-refractivity contribution in [2.75, 3.05) is 4.90 Å². The Kier molecular flexibility index (Phi) is 9.84. The summed E-state index contributed by atoms with van der Waals surface area (Å²) in [5.74, 6) is 0. The molecule has 0 radical (unpaired) electrons. The van der Waals surface area contributed by atoms with Crippen LogP contribution in [0.1, 0.15) is 0 Å². The molecular formula is C66H44N2O. The summed E-state index contributed by atoms with van der Waals surface area (Å²) in [5.41, 5.74) is 20.2. The van der Waals surface area contributed by atoms with E-state index < -0.39 is 0 Å². The summed E-state index contributed by atoms with van der Waals surface area (Å²) in [6.07, 6.45) is 0. The Bertz CT molecular complexity index is 3910. The van der Waals surface area contributed by atoms with E-state index in [1.165, 1.54) is 55.2 Å². The van der Waals surface area contributed by atoms with Crippen LogP contribution >= 0.6 is 0 Å². The molecule has 0 saturated carbocycles. The molecular weight excluding hydrogens is 837 g/mol. The molecule has 0 aliphatic carbocycles. The van der Waals surface area contributed by atoms with Gasteiger partial charge >= 0.3 is 0 Å². The number of hydrogen-bond donors (Lipinski definition) is 0. The number of benzene rings is 11. The van der Waals surface area contributed by atoms with Crippen molar-refractivity contribution in [2.45, 2.75) is 0 Å². The molecule has 0 saturated heterocycles. The Morgan fingerprint density at radius 3 is 1.20 bits per heavy atom. The van der Waals surface area contributed by atoms with E-state index >= 15 is 0 Å². The van der Waals surface area contributed by atoms with Crippen molar-refractivity contribution in [1.29, 1.82) is 0 Å². The molecule has 324 valence electrons. The zero-order chi connectivity index (χ0) is 45.7. The van der Waals surface area contributed by atoms with Gasteiger partial charge in [-0.2, -0.15) is 0 Å². The molecule has 0 fully saturated rings. The average Bonchev–Trinajstić information content (AvgIpc) is 3.97. The number of aromatic nitrogens is 1. The van der Waals surface area contributed by atoms with Gasteiger partial charge in [0, 0.05) is 44.3 Å². The van der Waals surface area contributed by atoms with Crippen molar-refractivity contribution in [1.82, 2.24) is 4.57 Å². The average molecular weight is 881 g/mol. The summed E-state index contributed by atoms with van der Waals surface area (Å²) in [4.78, 5) is 2.35. The Labute approximate surface area is 401 Å². The van der Waals surface area contributed by atoms with E-state index in [1.54, 1.807) is 0 Å². The van der Waals surface area contributed by atoms with Crippen molar-refractivity contribution < 1.29 is 4.42 Å². The second-order valence-corrected chi connectivity index (χ2v) is 17.7. The predicted molar refractivity (Wildman–Crippen MR) is 290 cm³/mol. The number of nitrogens with zero attached hydrogens (tertiary/aromatic N) is 2. The van der Waals surface area contributed by atoms with Gasteiger partial charge in [0.15, 0.2) is 0 Å². The minimum Gasteiger partial charge on any atom is -0.456 e. The molecule has 0 N–H and O–H groups in total. The third-order valence-corrected chi connectivity index (χ3v) is 13.6. The lowest BCUT2D eigenvalue weighted by atomic mass is 9.93. The normalized spacial score (nSPS) is 11.5. The lowest BCUT2D eigenvalue weighted by Gasteiger charge is -2.26. The molecule has 0 aliphatic heterocycles. The molecule has 0 aliphatic rings. The van der Waals surface area contributed by atoms with Gasteiger partial charge in [0.25, 0.3) is 0 Å². The van der Waals surface area contributed by atoms with Crippen molar-refractivity contribution in [3.05, 3.63) is 267 Å². The summed E-state index contributed by atoms with van der Waals surface area (Å²) in [5, 5.41) is 4.76. The predicted octanol–water partition coefficient (Wildman–Crippen LogP) is 18.5. The van der Waals surface area contributed by atoms with Gasteiger partial charge in [-0.1, -0.05) is 170 Å². The van der Waals surface area contributed by atoms with Gasteiger partial charge in [-0.25, -0.2) is 0 Å². The lowest BCUT2D eigenvalue weighted by molar-refractivity contribution is 0.669. The number of anilines is 3. The van der Waals surface area contributed by atoms with Gasteiger partial charge in [-0.3, -0.25) is 0 Å². The van der Waals surface area contributed by atoms with E-state index in [0.29, 0.717) is 0 Å². The van der Waals surface area contributed by atoms with Crippen molar-refractivity contribution in [2.24, 2.45) is 0 Å². The Balaban J connectivity index is 0.890. The molecule has 3 heteroatoms. The van der Waals surface area contributed by atoms with Crippen LogP contribution in [0.5, 0.6) is 0 Å². The van der Waals surface area contributed by atoms with Crippen LogP contribution < -0.4 is 4.90 Å². The van der Waals surface area contributed by atoms with Crippen molar-refractivity contribution in [3.63, 3.8) is 0 Å². The first-order valence-electron chi connectivity index (χ1n) is 23.6. The van der Waals surface area contributed by atoms with Gasteiger partial charge in [0.2, 0.25) is 0 Å². The summed E-state index contributed by atoms with van der Waals surface area (Å²) < 4.78 is 8.67. The maximum Gasteiger partial charge on any atom is 0.136 e. The first-order valence-corrected chi connectivity index (χ1v) is 23.6. The highest BCUT2D eigenvalue weighted by atomic mass is 16.3. The second-order valence-electron chi connectivity index (χ2n) is 17.7. The first kappa shape index (κ1) is 40.1. The minimum absolute atomic E-state index is 0.894. The lowest BCUT2D eigenvalue weighted by Crippen LogP contribution is -2.09. The van der Waals surface area contributed by atoms with Crippen LogP contribution in [0.25, 0.3) is 105 Å². The third-order valence-electron chi connectivity index (χ3n) is 13.6. The summed E-state index contributed by atoms with van der Waals surface area (Å²) in [6.45, 7) is 0. The van der Waals surface area contributed by atoms with Crippen LogP contribution in [0.15, 0.2) is 271 Å². The van der Waals surface area contributed by atoms with Crippen LogP contribution in [0.4, 0.5) is 17.1 Å². The highest BCUT2D eigenvalue weighted by Gasteiger charge is 2.17. The second kappa shape index (κ2) is 16.9. The smallest absolute Gasteiger partial charge is 0.136 e. The molecule has 0 bridgehead atoms. The fourth-order valence-electron chi connectivity index (χ4n) is 10.2. The van der Waals surface area contributed by atoms with E-state index in [9.17, 15) is 0 Å². The highest BCUT2D eigenvalue weighted by molar-refractivity contribution is 6.10.